The van der Waals surface area contributed by atoms with Crippen LogP contribution in [0, 0.1) is 0 Å². The lowest BCUT2D eigenvalue weighted by Crippen LogP contribution is -2.31. The van der Waals surface area contributed by atoms with Gasteiger partial charge in [-0.3, -0.25) is 5.32 Å². The molecule has 1 aromatic heterocycles. The molecule has 4 nitrogen and oxygen atoms in total. The lowest BCUT2D eigenvalue weighted by molar-refractivity contribution is 0.298. The van der Waals surface area contributed by atoms with Gasteiger partial charge in [-0.25, -0.2) is 9.67 Å². The summed E-state index contributed by atoms with van der Waals surface area (Å²) in [5, 5.41) is 8.71. The number of hydrogen-bond acceptors (Lipinski definition) is 3. The highest BCUT2D eigenvalue weighted by Crippen LogP contribution is 2.20. The van der Waals surface area contributed by atoms with Crippen LogP contribution in [0.4, 0.5) is 0 Å². The van der Waals surface area contributed by atoms with E-state index in [1.165, 1.54) is 12.8 Å². The zero-order valence-electron chi connectivity index (χ0n) is 10.0. The van der Waals surface area contributed by atoms with E-state index in [0.717, 1.165) is 29.4 Å². The molecule has 1 aliphatic heterocycles. The predicted molar refractivity (Wildman–Crippen MR) is 71.4 cm³/mol. The minimum atomic E-state index is 0.285. The van der Waals surface area contributed by atoms with Crippen LogP contribution in [0.5, 0.6) is 0 Å². The highest BCUT2D eigenvalue weighted by Gasteiger charge is 2.16. The Bertz CT molecular complexity index is 514. The Morgan fingerprint density at radius 1 is 1.22 bits per heavy atom. The van der Waals surface area contributed by atoms with E-state index in [1.54, 1.807) is 6.33 Å². The van der Waals surface area contributed by atoms with Gasteiger partial charge in [0.05, 0.1) is 0 Å². The molecular formula is C13H15ClN4. The molecule has 0 spiro atoms. The van der Waals surface area contributed by atoms with Crippen molar-refractivity contribution in [3.63, 3.8) is 0 Å². The molecule has 0 aliphatic carbocycles. The van der Waals surface area contributed by atoms with E-state index in [4.69, 9.17) is 11.6 Å². The summed E-state index contributed by atoms with van der Waals surface area (Å²) in [6.45, 7) is 1.06. The number of benzene rings is 1. The second-order valence-electron chi connectivity index (χ2n) is 4.52. The number of halogens is 1. The van der Waals surface area contributed by atoms with Crippen molar-refractivity contribution in [3.8, 4) is 11.4 Å². The molecule has 1 unspecified atom stereocenters. The van der Waals surface area contributed by atoms with E-state index in [9.17, 15) is 0 Å². The van der Waals surface area contributed by atoms with Crippen molar-refractivity contribution >= 4 is 11.6 Å². The summed E-state index contributed by atoms with van der Waals surface area (Å²) >= 11 is 5.87. The fraction of sp³-hybridized carbons (Fsp3) is 0.385. The molecule has 2 aromatic rings. The molecule has 0 bridgehead atoms. The lowest BCUT2D eigenvalue weighted by atomic mass is 10.1. The van der Waals surface area contributed by atoms with Crippen LogP contribution in [0.3, 0.4) is 0 Å². The van der Waals surface area contributed by atoms with Crippen LogP contribution in [0.2, 0.25) is 5.02 Å². The van der Waals surface area contributed by atoms with Crippen molar-refractivity contribution in [1.82, 2.24) is 20.1 Å². The van der Waals surface area contributed by atoms with Gasteiger partial charge in [0.2, 0.25) is 0 Å². The predicted octanol–water partition coefficient (Wildman–Crippen LogP) is 2.87. The normalized spacial score (nSPS) is 19.9. The van der Waals surface area contributed by atoms with Crippen LogP contribution < -0.4 is 5.32 Å². The Hall–Kier alpha value is -1.39. The van der Waals surface area contributed by atoms with Crippen LogP contribution in [-0.2, 0) is 0 Å². The summed E-state index contributed by atoms with van der Waals surface area (Å²) in [7, 11) is 0. The second-order valence-corrected chi connectivity index (χ2v) is 4.96. The molecule has 18 heavy (non-hydrogen) atoms. The summed E-state index contributed by atoms with van der Waals surface area (Å²) in [6.07, 6.45) is 5.69. The van der Waals surface area contributed by atoms with Crippen LogP contribution in [0.25, 0.3) is 11.4 Å². The number of piperidine rings is 1. The summed E-state index contributed by atoms with van der Waals surface area (Å²) in [6, 6.07) is 7.60. The highest BCUT2D eigenvalue weighted by atomic mass is 35.5. The monoisotopic (exact) mass is 262 g/mol. The van der Waals surface area contributed by atoms with Crippen molar-refractivity contribution < 1.29 is 0 Å². The summed E-state index contributed by atoms with van der Waals surface area (Å²) in [4.78, 5) is 4.36. The lowest BCUT2D eigenvalue weighted by Gasteiger charge is -2.22. The molecule has 0 saturated carbocycles. The van der Waals surface area contributed by atoms with Crippen LogP contribution in [-0.4, -0.2) is 21.3 Å². The van der Waals surface area contributed by atoms with Gasteiger partial charge in [-0.2, -0.15) is 0 Å². The summed E-state index contributed by atoms with van der Waals surface area (Å²) in [5.74, 6) is 0.749. The quantitative estimate of drug-likeness (QED) is 0.905. The highest BCUT2D eigenvalue weighted by molar-refractivity contribution is 6.30. The molecule has 0 radical (unpaired) electrons. The van der Waals surface area contributed by atoms with E-state index in [-0.39, 0.29) is 6.17 Å². The Morgan fingerprint density at radius 2 is 2.06 bits per heavy atom. The molecule has 1 atom stereocenters. The SMILES string of the molecule is Clc1ccc(-c2ncn(C3CCCCN3)n2)cc1. The van der Waals surface area contributed by atoms with E-state index >= 15 is 0 Å². The molecule has 1 aliphatic rings. The molecule has 1 saturated heterocycles. The largest absolute Gasteiger partial charge is 0.296 e. The first-order valence-electron chi connectivity index (χ1n) is 6.23. The third-order valence-electron chi connectivity index (χ3n) is 3.21. The minimum absolute atomic E-state index is 0.285. The van der Waals surface area contributed by atoms with Crippen LogP contribution >= 0.6 is 11.6 Å². The molecule has 3 rings (SSSR count). The Morgan fingerprint density at radius 3 is 2.78 bits per heavy atom. The first kappa shape index (κ1) is 11.7. The summed E-state index contributed by atoms with van der Waals surface area (Å²) in [5.41, 5.74) is 0.994. The van der Waals surface area contributed by atoms with Crippen molar-refractivity contribution in [2.45, 2.75) is 25.4 Å². The average molecular weight is 263 g/mol. The number of nitrogens with one attached hydrogen (secondary N) is 1. The zero-order chi connectivity index (χ0) is 12.4. The van der Waals surface area contributed by atoms with E-state index in [0.29, 0.717) is 0 Å². The van der Waals surface area contributed by atoms with Gasteiger partial charge in [-0.15, -0.1) is 5.10 Å². The van der Waals surface area contributed by atoms with E-state index in [1.807, 2.05) is 28.9 Å². The van der Waals surface area contributed by atoms with Crippen molar-refractivity contribution in [3.05, 3.63) is 35.6 Å². The first-order chi connectivity index (χ1) is 8.83. The van der Waals surface area contributed by atoms with E-state index in [2.05, 4.69) is 15.4 Å². The van der Waals surface area contributed by atoms with Gasteiger partial charge in [0.25, 0.3) is 0 Å². The summed E-state index contributed by atoms with van der Waals surface area (Å²) < 4.78 is 1.92. The topological polar surface area (TPSA) is 42.7 Å². The Kier molecular flexibility index (Phi) is 3.30. The molecule has 94 valence electrons. The average Bonchev–Trinajstić information content (AvgIpc) is 2.90. The van der Waals surface area contributed by atoms with Crippen molar-refractivity contribution in [1.29, 1.82) is 0 Å². The van der Waals surface area contributed by atoms with Gasteiger partial charge in [-0.05, 0) is 50.1 Å². The number of rotatable bonds is 2. The van der Waals surface area contributed by atoms with Crippen LogP contribution in [0.1, 0.15) is 25.4 Å². The molecule has 2 heterocycles. The third kappa shape index (κ3) is 2.40. The Balaban J connectivity index is 1.82. The van der Waals surface area contributed by atoms with Gasteiger partial charge in [0, 0.05) is 10.6 Å². The number of nitrogens with zero attached hydrogens (tertiary/aromatic N) is 3. The molecule has 1 fully saturated rings. The van der Waals surface area contributed by atoms with E-state index < -0.39 is 0 Å². The minimum Gasteiger partial charge on any atom is -0.296 e. The van der Waals surface area contributed by atoms with Gasteiger partial charge in [0.1, 0.15) is 12.5 Å². The third-order valence-corrected chi connectivity index (χ3v) is 3.47. The Labute approximate surface area is 111 Å². The van der Waals surface area contributed by atoms with Gasteiger partial charge < -0.3 is 0 Å². The number of aromatic nitrogens is 3. The fourth-order valence-electron chi connectivity index (χ4n) is 2.22. The first-order valence-corrected chi connectivity index (χ1v) is 6.61. The molecular weight excluding hydrogens is 248 g/mol. The standard InChI is InChI=1S/C13H15ClN4/c14-11-6-4-10(5-7-11)13-16-9-18(17-13)12-3-1-2-8-15-12/h4-7,9,12,15H,1-3,8H2. The van der Waals surface area contributed by atoms with Crippen molar-refractivity contribution in [2.75, 3.05) is 6.54 Å². The van der Waals surface area contributed by atoms with Crippen molar-refractivity contribution in [2.24, 2.45) is 0 Å². The van der Waals surface area contributed by atoms with Gasteiger partial charge in [-0.1, -0.05) is 11.6 Å². The maximum Gasteiger partial charge on any atom is 0.181 e. The molecule has 5 heteroatoms. The maximum atomic E-state index is 5.87. The molecule has 0 amide bonds. The zero-order valence-corrected chi connectivity index (χ0v) is 10.8. The maximum absolute atomic E-state index is 5.87. The second kappa shape index (κ2) is 5.08. The smallest absolute Gasteiger partial charge is 0.181 e. The number of hydrogen-bond donors (Lipinski definition) is 1. The van der Waals surface area contributed by atoms with Gasteiger partial charge in [0.15, 0.2) is 5.82 Å². The fourth-order valence-corrected chi connectivity index (χ4v) is 2.34. The van der Waals surface area contributed by atoms with Crippen LogP contribution in [0.15, 0.2) is 30.6 Å². The van der Waals surface area contributed by atoms with Gasteiger partial charge >= 0.3 is 0 Å². The molecule has 1 aromatic carbocycles. The molecule has 1 N–H and O–H groups in total.